The van der Waals surface area contributed by atoms with Crippen molar-refractivity contribution in [3.05, 3.63) is 134 Å². The van der Waals surface area contributed by atoms with Crippen molar-refractivity contribution < 1.29 is 40.3 Å². The van der Waals surface area contributed by atoms with E-state index in [1.807, 2.05) is 0 Å². The standard InChI is InChI=1S/C33H25Cl2F3N2O6S/c1-20-30(32(42)45-2)29(31(41)40(20)25-5-3-4-22(16-25)33(36,37)38)17-26-12-13-27(46-26)19-39(18-21-6-8-23(34)9-7-21)47(43,44)28-14-10-24(35)11-15-28/h3-17H,18-19H2,1-2H3/b29-17+. The van der Waals surface area contributed by atoms with Crippen LogP contribution in [0.1, 0.15) is 29.6 Å². The second-order valence-electron chi connectivity index (χ2n) is 10.4. The molecule has 3 aromatic carbocycles. The van der Waals surface area contributed by atoms with Crippen LogP contribution >= 0.6 is 23.2 Å². The first-order valence-electron chi connectivity index (χ1n) is 13.8. The summed E-state index contributed by atoms with van der Waals surface area (Å²) in [6, 6.07) is 19.5. The van der Waals surface area contributed by atoms with E-state index >= 15 is 0 Å². The van der Waals surface area contributed by atoms with Gasteiger partial charge in [0.05, 0.1) is 35.3 Å². The first-order valence-corrected chi connectivity index (χ1v) is 16.0. The molecule has 1 aliphatic heterocycles. The third kappa shape index (κ3) is 7.31. The molecule has 0 saturated carbocycles. The number of halogens is 5. The van der Waals surface area contributed by atoms with Crippen LogP contribution in [0, 0.1) is 0 Å². The van der Waals surface area contributed by atoms with Crippen LogP contribution in [0.2, 0.25) is 10.0 Å². The number of benzene rings is 3. The Labute approximate surface area is 278 Å². The van der Waals surface area contributed by atoms with Crippen molar-refractivity contribution in [1.82, 2.24) is 4.31 Å². The predicted octanol–water partition coefficient (Wildman–Crippen LogP) is 7.87. The molecule has 244 valence electrons. The summed E-state index contributed by atoms with van der Waals surface area (Å²) < 4.78 is 79.7. The number of carbonyl (C=O) groups excluding carboxylic acids is 2. The van der Waals surface area contributed by atoms with Crippen LogP contribution in [0.15, 0.2) is 111 Å². The van der Waals surface area contributed by atoms with Crippen molar-refractivity contribution in [1.29, 1.82) is 0 Å². The van der Waals surface area contributed by atoms with Gasteiger partial charge in [0.1, 0.15) is 11.5 Å². The molecule has 47 heavy (non-hydrogen) atoms. The fourth-order valence-corrected chi connectivity index (χ4v) is 6.61. The molecule has 0 saturated heterocycles. The molecule has 0 spiro atoms. The van der Waals surface area contributed by atoms with Crippen LogP contribution < -0.4 is 4.90 Å². The van der Waals surface area contributed by atoms with Gasteiger partial charge in [-0.25, -0.2) is 13.2 Å². The van der Waals surface area contributed by atoms with E-state index in [-0.39, 0.29) is 52.0 Å². The number of furan rings is 1. The smallest absolute Gasteiger partial charge is 0.416 e. The molecule has 0 aliphatic carbocycles. The van der Waals surface area contributed by atoms with Gasteiger partial charge >= 0.3 is 12.1 Å². The number of hydrogen-bond acceptors (Lipinski definition) is 6. The van der Waals surface area contributed by atoms with Gasteiger partial charge in [0.2, 0.25) is 10.0 Å². The van der Waals surface area contributed by atoms with Crippen molar-refractivity contribution >= 4 is 56.9 Å². The monoisotopic (exact) mass is 704 g/mol. The first kappa shape index (κ1) is 34.0. The Morgan fingerprint density at radius 2 is 1.60 bits per heavy atom. The normalized spacial score (nSPS) is 14.9. The number of nitrogens with zero attached hydrogens (tertiary/aromatic N) is 2. The van der Waals surface area contributed by atoms with E-state index in [1.165, 1.54) is 59.8 Å². The van der Waals surface area contributed by atoms with Crippen molar-refractivity contribution in [2.75, 3.05) is 12.0 Å². The molecule has 0 fully saturated rings. The Hall–Kier alpha value is -4.36. The highest BCUT2D eigenvalue weighted by atomic mass is 35.5. The Morgan fingerprint density at radius 3 is 2.21 bits per heavy atom. The molecule has 1 amide bonds. The molecule has 1 aromatic heterocycles. The van der Waals surface area contributed by atoms with E-state index in [1.54, 1.807) is 24.3 Å². The fourth-order valence-electron chi connectivity index (χ4n) is 4.96. The molecule has 0 unspecified atom stereocenters. The summed E-state index contributed by atoms with van der Waals surface area (Å²) in [7, 11) is -2.96. The minimum absolute atomic E-state index is 0.000621. The van der Waals surface area contributed by atoms with E-state index in [0.29, 0.717) is 15.6 Å². The maximum absolute atomic E-state index is 13.7. The Morgan fingerprint density at radius 1 is 0.957 bits per heavy atom. The van der Waals surface area contributed by atoms with Gasteiger partial charge in [-0.3, -0.25) is 9.69 Å². The maximum Gasteiger partial charge on any atom is 0.416 e. The lowest BCUT2D eigenvalue weighted by Crippen LogP contribution is -2.30. The number of methoxy groups -OCH3 is 1. The number of esters is 1. The van der Waals surface area contributed by atoms with Crippen molar-refractivity contribution in [3.8, 4) is 0 Å². The summed E-state index contributed by atoms with van der Waals surface area (Å²) >= 11 is 12.0. The van der Waals surface area contributed by atoms with E-state index < -0.39 is 33.6 Å². The largest absolute Gasteiger partial charge is 0.465 e. The Kier molecular flexibility index (Phi) is 9.69. The highest BCUT2D eigenvalue weighted by Crippen LogP contribution is 2.38. The highest BCUT2D eigenvalue weighted by Gasteiger charge is 2.39. The maximum atomic E-state index is 13.7. The highest BCUT2D eigenvalue weighted by molar-refractivity contribution is 7.89. The third-order valence-corrected chi connectivity index (χ3v) is 9.56. The lowest BCUT2D eigenvalue weighted by molar-refractivity contribution is -0.137. The first-order chi connectivity index (χ1) is 22.2. The summed E-state index contributed by atoms with van der Waals surface area (Å²) in [6.07, 6.45) is -3.40. The quantitative estimate of drug-likeness (QED) is 0.130. The molecule has 8 nitrogen and oxygen atoms in total. The number of alkyl halides is 3. The van der Waals surface area contributed by atoms with Crippen LogP contribution in [-0.2, 0) is 43.6 Å². The lowest BCUT2D eigenvalue weighted by atomic mass is 10.1. The molecule has 0 radical (unpaired) electrons. The second kappa shape index (κ2) is 13.4. The molecule has 4 aromatic rings. The number of carbonyl (C=O) groups is 2. The van der Waals surface area contributed by atoms with Crippen molar-refractivity contribution in [2.45, 2.75) is 31.1 Å². The molecule has 5 rings (SSSR count). The van der Waals surface area contributed by atoms with Crippen LogP contribution in [0.4, 0.5) is 18.9 Å². The average molecular weight is 706 g/mol. The molecule has 1 aliphatic rings. The van der Waals surface area contributed by atoms with Gasteiger partial charge < -0.3 is 9.15 Å². The lowest BCUT2D eigenvalue weighted by Gasteiger charge is -2.21. The number of sulfonamides is 1. The number of allylic oxidation sites excluding steroid dienone is 1. The molecule has 0 bridgehead atoms. The van der Waals surface area contributed by atoms with Gasteiger partial charge in [0.15, 0.2) is 0 Å². The number of rotatable bonds is 9. The van der Waals surface area contributed by atoms with E-state index in [4.69, 9.17) is 32.4 Å². The summed E-state index contributed by atoms with van der Waals surface area (Å²) in [5.41, 5.74) is -0.711. The van der Waals surface area contributed by atoms with E-state index in [9.17, 15) is 31.2 Å². The van der Waals surface area contributed by atoms with Crippen LogP contribution in [0.25, 0.3) is 6.08 Å². The average Bonchev–Trinajstić information content (AvgIpc) is 3.57. The van der Waals surface area contributed by atoms with Gasteiger partial charge in [-0.1, -0.05) is 41.4 Å². The fraction of sp³-hybridized carbons (Fsp3) is 0.152. The topological polar surface area (TPSA) is 97.1 Å². The minimum Gasteiger partial charge on any atom is -0.465 e. The van der Waals surface area contributed by atoms with Gasteiger partial charge in [-0.05, 0) is 85.3 Å². The van der Waals surface area contributed by atoms with Crippen LogP contribution in [0.3, 0.4) is 0 Å². The number of amides is 1. The second-order valence-corrected chi connectivity index (χ2v) is 13.2. The Bertz CT molecular complexity index is 2000. The van der Waals surface area contributed by atoms with Gasteiger partial charge in [0.25, 0.3) is 5.91 Å². The van der Waals surface area contributed by atoms with Crippen molar-refractivity contribution in [3.63, 3.8) is 0 Å². The number of hydrogen-bond donors (Lipinski definition) is 0. The molecule has 2 heterocycles. The summed E-state index contributed by atoms with van der Waals surface area (Å²) in [5.74, 6) is -1.39. The van der Waals surface area contributed by atoms with Crippen LogP contribution in [-0.4, -0.2) is 31.7 Å². The SMILES string of the molecule is COC(=O)C1=C(C)N(c2cccc(C(F)(F)F)c2)C(=O)/C1=C/c1ccc(CN(Cc2ccc(Cl)cc2)S(=O)(=O)c2ccc(Cl)cc2)o1. The summed E-state index contributed by atoms with van der Waals surface area (Å²) in [6.45, 7) is 1.15. The van der Waals surface area contributed by atoms with Gasteiger partial charge in [-0.2, -0.15) is 17.5 Å². The van der Waals surface area contributed by atoms with E-state index in [0.717, 1.165) is 30.2 Å². The van der Waals surface area contributed by atoms with Gasteiger partial charge in [-0.15, -0.1) is 0 Å². The molecule has 0 N–H and O–H groups in total. The van der Waals surface area contributed by atoms with Crippen LogP contribution in [0.5, 0.6) is 0 Å². The predicted molar refractivity (Wildman–Crippen MR) is 170 cm³/mol. The molecular formula is C33H25Cl2F3N2O6S. The summed E-state index contributed by atoms with van der Waals surface area (Å²) in [4.78, 5) is 27.4. The third-order valence-electron chi connectivity index (χ3n) is 7.25. The minimum atomic E-state index is -4.66. The zero-order valence-electron chi connectivity index (χ0n) is 24.7. The van der Waals surface area contributed by atoms with Crippen molar-refractivity contribution in [2.24, 2.45) is 0 Å². The summed E-state index contributed by atoms with van der Waals surface area (Å²) in [5, 5.41) is 0.842. The Balaban J connectivity index is 1.49. The van der Waals surface area contributed by atoms with E-state index in [2.05, 4.69) is 0 Å². The number of anilines is 1. The number of ether oxygens (including phenoxy) is 1. The zero-order valence-corrected chi connectivity index (χ0v) is 27.0. The molecule has 0 atom stereocenters. The molecule has 14 heteroatoms. The molecular weight excluding hydrogens is 680 g/mol. The zero-order chi connectivity index (χ0) is 34.1. The van der Waals surface area contributed by atoms with Gasteiger partial charge in [0, 0.05) is 28.0 Å².